The van der Waals surface area contributed by atoms with E-state index in [1.165, 1.54) is 11.3 Å². The number of piperazine rings is 1. The van der Waals surface area contributed by atoms with Gasteiger partial charge in [0.2, 0.25) is 0 Å². The second kappa shape index (κ2) is 6.20. The molecule has 1 fully saturated rings. The first-order chi connectivity index (χ1) is 9.06. The number of nitrogens with zero attached hydrogens (tertiary/aromatic N) is 2. The number of rotatable bonds is 4. The molecule has 0 atom stereocenters. The highest BCUT2D eigenvalue weighted by Crippen LogP contribution is 2.17. The molecule has 0 bridgehead atoms. The maximum atomic E-state index is 11.8. The highest BCUT2D eigenvalue weighted by atomic mass is 16.1. The standard InChI is InChI=1S/C16H24N2O/c1-13(2)16(19)12-17-7-9-18(10-8-17)15-6-4-5-14(3)11-15/h4-6,11,13H,7-10,12H2,1-3H3. The van der Waals surface area contributed by atoms with Crippen molar-refractivity contribution in [3.05, 3.63) is 29.8 Å². The van der Waals surface area contributed by atoms with Crippen LogP contribution in [0.15, 0.2) is 24.3 Å². The normalized spacial score (nSPS) is 16.9. The molecule has 1 saturated heterocycles. The molecule has 0 saturated carbocycles. The third-order valence-corrected chi connectivity index (χ3v) is 3.76. The van der Waals surface area contributed by atoms with E-state index in [1.807, 2.05) is 13.8 Å². The second-order valence-corrected chi connectivity index (χ2v) is 5.72. The summed E-state index contributed by atoms with van der Waals surface area (Å²) in [5.41, 5.74) is 2.60. The van der Waals surface area contributed by atoms with E-state index in [9.17, 15) is 4.79 Å². The zero-order valence-electron chi connectivity index (χ0n) is 12.2. The lowest BCUT2D eigenvalue weighted by Crippen LogP contribution is -2.48. The van der Waals surface area contributed by atoms with Crippen LogP contribution >= 0.6 is 0 Å². The molecule has 0 radical (unpaired) electrons. The van der Waals surface area contributed by atoms with E-state index in [0.717, 1.165) is 26.2 Å². The van der Waals surface area contributed by atoms with Crippen LogP contribution in [0.25, 0.3) is 0 Å². The molecule has 1 aromatic carbocycles. The Labute approximate surface area is 116 Å². The fourth-order valence-corrected chi connectivity index (χ4v) is 2.39. The molecule has 1 aliphatic rings. The van der Waals surface area contributed by atoms with Crippen LogP contribution < -0.4 is 4.90 Å². The van der Waals surface area contributed by atoms with Crippen LogP contribution in [0, 0.1) is 12.8 Å². The largest absolute Gasteiger partial charge is 0.369 e. The van der Waals surface area contributed by atoms with Crippen molar-refractivity contribution < 1.29 is 4.79 Å². The molecule has 1 heterocycles. The number of hydrogen-bond donors (Lipinski definition) is 0. The summed E-state index contributed by atoms with van der Waals surface area (Å²) in [6.07, 6.45) is 0. The minimum absolute atomic E-state index is 0.148. The molecule has 0 unspecified atom stereocenters. The topological polar surface area (TPSA) is 23.6 Å². The van der Waals surface area contributed by atoms with Crippen molar-refractivity contribution in [2.24, 2.45) is 5.92 Å². The predicted octanol–water partition coefficient (Wildman–Crippen LogP) is 2.34. The van der Waals surface area contributed by atoms with Crippen LogP contribution in [0.1, 0.15) is 19.4 Å². The summed E-state index contributed by atoms with van der Waals surface area (Å²) in [5.74, 6) is 0.499. The molecule has 0 amide bonds. The first-order valence-electron chi connectivity index (χ1n) is 7.13. The molecule has 0 aromatic heterocycles. The van der Waals surface area contributed by atoms with E-state index in [-0.39, 0.29) is 5.92 Å². The third-order valence-electron chi connectivity index (χ3n) is 3.76. The summed E-state index contributed by atoms with van der Waals surface area (Å²) in [5, 5.41) is 0. The zero-order chi connectivity index (χ0) is 13.8. The van der Waals surface area contributed by atoms with Gasteiger partial charge in [0.25, 0.3) is 0 Å². The van der Waals surface area contributed by atoms with Crippen LogP contribution in [0.3, 0.4) is 0 Å². The van der Waals surface area contributed by atoms with Crippen LogP contribution in [-0.2, 0) is 4.79 Å². The highest BCUT2D eigenvalue weighted by molar-refractivity contribution is 5.82. The molecule has 0 aliphatic carbocycles. The lowest BCUT2D eigenvalue weighted by Gasteiger charge is -2.36. The monoisotopic (exact) mass is 260 g/mol. The van der Waals surface area contributed by atoms with Gasteiger partial charge in [0, 0.05) is 37.8 Å². The van der Waals surface area contributed by atoms with Crippen molar-refractivity contribution in [2.75, 3.05) is 37.6 Å². The number of carbonyl (C=O) groups excluding carboxylic acids is 1. The fraction of sp³-hybridized carbons (Fsp3) is 0.562. The molecule has 104 valence electrons. The quantitative estimate of drug-likeness (QED) is 0.830. The van der Waals surface area contributed by atoms with Crippen LogP contribution in [0.2, 0.25) is 0 Å². The Hall–Kier alpha value is -1.35. The van der Waals surface area contributed by atoms with E-state index in [4.69, 9.17) is 0 Å². The number of benzene rings is 1. The second-order valence-electron chi connectivity index (χ2n) is 5.72. The highest BCUT2D eigenvalue weighted by Gasteiger charge is 2.20. The maximum Gasteiger partial charge on any atom is 0.149 e. The molecule has 19 heavy (non-hydrogen) atoms. The Morgan fingerprint density at radius 1 is 1.21 bits per heavy atom. The van der Waals surface area contributed by atoms with E-state index in [0.29, 0.717) is 12.3 Å². The van der Waals surface area contributed by atoms with Gasteiger partial charge >= 0.3 is 0 Å². The van der Waals surface area contributed by atoms with E-state index < -0.39 is 0 Å². The SMILES string of the molecule is Cc1cccc(N2CCN(CC(=O)C(C)C)CC2)c1. The van der Waals surface area contributed by atoms with E-state index in [2.05, 4.69) is 41.0 Å². The van der Waals surface area contributed by atoms with Crippen molar-refractivity contribution in [3.8, 4) is 0 Å². The number of aryl methyl sites for hydroxylation is 1. The smallest absolute Gasteiger partial charge is 0.149 e. The number of Topliss-reactive ketones (excluding diaryl/α,β-unsaturated/α-hetero) is 1. The summed E-state index contributed by atoms with van der Waals surface area (Å²) in [6.45, 7) is 10.7. The maximum absolute atomic E-state index is 11.8. The lowest BCUT2D eigenvalue weighted by molar-refractivity contribution is -0.123. The van der Waals surface area contributed by atoms with Gasteiger partial charge < -0.3 is 4.90 Å². The summed E-state index contributed by atoms with van der Waals surface area (Å²) < 4.78 is 0. The lowest BCUT2D eigenvalue weighted by atomic mass is 10.1. The van der Waals surface area contributed by atoms with Crippen molar-refractivity contribution in [1.82, 2.24) is 4.90 Å². The average Bonchev–Trinajstić information content (AvgIpc) is 2.39. The van der Waals surface area contributed by atoms with Crippen LogP contribution in [0.4, 0.5) is 5.69 Å². The van der Waals surface area contributed by atoms with Crippen molar-refractivity contribution >= 4 is 11.5 Å². The van der Waals surface area contributed by atoms with Gasteiger partial charge in [0.05, 0.1) is 6.54 Å². The van der Waals surface area contributed by atoms with Gasteiger partial charge in [0.1, 0.15) is 5.78 Å². The van der Waals surface area contributed by atoms with Gasteiger partial charge in [-0.25, -0.2) is 0 Å². The Morgan fingerprint density at radius 2 is 1.89 bits per heavy atom. The first kappa shape index (κ1) is 14.1. The summed E-state index contributed by atoms with van der Waals surface area (Å²) >= 11 is 0. The molecular weight excluding hydrogens is 236 g/mol. The molecule has 0 spiro atoms. The summed E-state index contributed by atoms with van der Waals surface area (Å²) in [7, 11) is 0. The minimum Gasteiger partial charge on any atom is -0.369 e. The average molecular weight is 260 g/mol. The molecule has 1 aliphatic heterocycles. The van der Waals surface area contributed by atoms with E-state index >= 15 is 0 Å². The first-order valence-corrected chi connectivity index (χ1v) is 7.13. The Balaban J connectivity index is 1.87. The molecule has 1 aromatic rings. The molecular formula is C16H24N2O. The van der Waals surface area contributed by atoms with Crippen molar-refractivity contribution in [1.29, 1.82) is 0 Å². The number of ketones is 1. The zero-order valence-corrected chi connectivity index (χ0v) is 12.2. The van der Waals surface area contributed by atoms with Crippen molar-refractivity contribution in [2.45, 2.75) is 20.8 Å². The Kier molecular flexibility index (Phi) is 4.59. The van der Waals surface area contributed by atoms with Gasteiger partial charge in [-0.05, 0) is 24.6 Å². The summed E-state index contributed by atoms with van der Waals surface area (Å²) in [6, 6.07) is 8.64. The minimum atomic E-state index is 0.148. The predicted molar refractivity (Wildman–Crippen MR) is 79.7 cm³/mol. The number of carbonyl (C=O) groups is 1. The van der Waals surface area contributed by atoms with Gasteiger partial charge in [-0.3, -0.25) is 9.69 Å². The Bertz CT molecular complexity index is 434. The molecule has 0 N–H and O–H groups in total. The van der Waals surface area contributed by atoms with Crippen LogP contribution in [-0.4, -0.2) is 43.4 Å². The van der Waals surface area contributed by atoms with Gasteiger partial charge in [-0.15, -0.1) is 0 Å². The molecule has 3 nitrogen and oxygen atoms in total. The van der Waals surface area contributed by atoms with Crippen LogP contribution in [0.5, 0.6) is 0 Å². The van der Waals surface area contributed by atoms with Gasteiger partial charge in [-0.1, -0.05) is 26.0 Å². The number of hydrogen-bond acceptors (Lipinski definition) is 3. The van der Waals surface area contributed by atoms with Gasteiger partial charge in [-0.2, -0.15) is 0 Å². The van der Waals surface area contributed by atoms with Gasteiger partial charge in [0.15, 0.2) is 0 Å². The summed E-state index contributed by atoms with van der Waals surface area (Å²) in [4.78, 5) is 16.4. The van der Waals surface area contributed by atoms with Crippen molar-refractivity contribution in [3.63, 3.8) is 0 Å². The van der Waals surface area contributed by atoms with E-state index in [1.54, 1.807) is 0 Å². The number of anilines is 1. The third kappa shape index (κ3) is 3.80. The Morgan fingerprint density at radius 3 is 2.47 bits per heavy atom. The molecule has 3 heteroatoms. The fourth-order valence-electron chi connectivity index (χ4n) is 2.39. The molecule has 2 rings (SSSR count).